The molecule has 2 aromatic rings. The molecule has 0 bridgehead atoms. The van der Waals surface area contributed by atoms with Crippen LogP contribution in [-0.4, -0.2) is 25.4 Å². The van der Waals surface area contributed by atoms with Gasteiger partial charge in [0.2, 0.25) is 0 Å². The van der Waals surface area contributed by atoms with Crippen LogP contribution in [0.5, 0.6) is 5.75 Å². The van der Waals surface area contributed by atoms with Gasteiger partial charge < -0.3 is 15.8 Å². The largest absolute Gasteiger partial charge is 0.573 e. The third-order valence-electron chi connectivity index (χ3n) is 2.87. The molecule has 0 aliphatic carbocycles. The SMILES string of the molecule is NCCCNC(=O)c1ccc(-c2ccc(OC(F)(F)F)cc2)s1. The van der Waals surface area contributed by atoms with Crippen molar-refractivity contribution >= 4 is 17.2 Å². The van der Waals surface area contributed by atoms with Crippen molar-refractivity contribution in [1.29, 1.82) is 0 Å². The van der Waals surface area contributed by atoms with E-state index >= 15 is 0 Å². The van der Waals surface area contributed by atoms with Crippen LogP contribution in [0.3, 0.4) is 0 Å². The molecule has 23 heavy (non-hydrogen) atoms. The van der Waals surface area contributed by atoms with Gasteiger partial charge in [-0.1, -0.05) is 0 Å². The molecule has 0 fully saturated rings. The summed E-state index contributed by atoms with van der Waals surface area (Å²) < 4.78 is 40.2. The first kappa shape index (κ1) is 17.3. The monoisotopic (exact) mass is 344 g/mol. The van der Waals surface area contributed by atoms with E-state index in [1.807, 2.05) is 0 Å². The fraction of sp³-hybridized carbons (Fsp3) is 0.267. The number of carbonyl (C=O) groups excluding carboxylic acids is 1. The van der Waals surface area contributed by atoms with Gasteiger partial charge in [-0.15, -0.1) is 24.5 Å². The summed E-state index contributed by atoms with van der Waals surface area (Å²) in [6.45, 7) is 1.01. The summed E-state index contributed by atoms with van der Waals surface area (Å²) in [6, 6.07) is 8.94. The molecule has 0 aliphatic rings. The molecule has 8 heteroatoms. The fourth-order valence-corrected chi connectivity index (χ4v) is 2.75. The number of nitrogens with one attached hydrogen (secondary N) is 1. The third-order valence-corrected chi connectivity index (χ3v) is 4.00. The van der Waals surface area contributed by atoms with Crippen molar-refractivity contribution in [2.75, 3.05) is 13.1 Å². The van der Waals surface area contributed by atoms with Gasteiger partial charge in [0.1, 0.15) is 5.75 Å². The third kappa shape index (κ3) is 5.26. The number of alkyl halides is 3. The van der Waals surface area contributed by atoms with Crippen molar-refractivity contribution in [3.63, 3.8) is 0 Å². The summed E-state index contributed by atoms with van der Waals surface area (Å²) in [5.74, 6) is -0.468. The Labute approximate surface area is 135 Å². The van der Waals surface area contributed by atoms with Crippen molar-refractivity contribution in [2.24, 2.45) is 5.73 Å². The van der Waals surface area contributed by atoms with E-state index < -0.39 is 6.36 Å². The van der Waals surface area contributed by atoms with E-state index in [2.05, 4.69) is 10.1 Å². The summed E-state index contributed by atoms with van der Waals surface area (Å²) >= 11 is 1.26. The molecule has 0 spiro atoms. The molecule has 124 valence electrons. The molecule has 3 N–H and O–H groups in total. The number of nitrogens with two attached hydrogens (primary N) is 1. The maximum atomic E-state index is 12.1. The minimum Gasteiger partial charge on any atom is -0.406 e. The fourth-order valence-electron chi connectivity index (χ4n) is 1.83. The van der Waals surface area contributed by atoms with Crippen LogP contribution in [0.25, 0.3) is 10.4 Å². The van der Waals surface area contributed by atoms with Gasteiger partial charge in [-0.2, -0.15) is 0 Å². The average molecular weight is 344 g/mol. The van der Waals surface area contributed by atoms with E-state index in [0.717, 1.165) is 4.88 Å². The highest BCUT2D eigenvalue weighted by molar-refractivity contribution is 7.17. The number of hydrogen-bond donors (Lipinski definition) is 2. The molecule has 1 aromatic carbocycles. The molecule has 0 saturated heterocycles. The van der Waals surface area contributed by atoms with Gasteiger partial charge in [-0.3, -0.25) is 4.79 Å². The molecule has 1 heterocycles. The van der Waals surface area contributed by atoms with Crippen molar-refractivity contribution in [3.05, 3.63) is 41.3 Å². The second-order valence-corrected chi connectivity index (χ2v) is 5.72. The van der Waals surface area contributed by atoms with Crippen molar-refractivity contribution in [2.45, 2.75) is 12.8 Å². The maximum Gasteiger partial charge on any atom is 0.573 e. The second kappa shape index (κ2) is 7.47. The van der Waals surface area contributed by atoms with E-state index in [-0.39, 0.29) is 11.7 Å². The molecule has 0 aliphatic heterocycles. The van der Waals surface area contributed by atoms with Gasteiger partial charge in [0.15, 0.2) is 0 Å². The lowest BCUT2D eigenvalue weighted by Gasteiger charge is -2.08. The van der Waals surface area contributed by atoms with Crippen LogP contribution in [0, 0.1) is 0 Å². The molecule has 4 nitrogen and oxygen atoms in total. The molecule has 0 atom stereocenters. The lowest BCUT2D eigenvalue weighted by Crippen LogP contribution is -2.25. The van der Waals surface area contributed by atoms with Gasteiger partial charge in [0.25, 0.3) is 5.91 Å². The Morgan fingerprint density at radius 2 is 1.87 bits per heavy atom. The number of benzene rings is 1. The highest BCUT2D eigenvalue weighted by Gasteiger charge is 2.30. The average Bonchev–Trinajstić information content (AvgIpc) is 2.96. The first-order valence-corrected chi connectivity index (χ1v) is 7.65. The highest BCUT2D eigenvalue weighted by Crippen LogP contribution is 2.30. The summed E-state index contributed by atoms with van der Waals surface area (Å²) in [6.07, 6.45) is -4.01. The molecule has 1 amide bonds. The zero-order chi connectivity index (χ0) is 16.9. The van der Waals surface area contributed by atoms with Crippen LogP contribution >= 0.6 is 11.3 Å². The Bertz CT molecular complexity index is 653. The van der Waals surface area contributed by atoms with Crippen molar-refractivity contribution < 1.29 is 22.7 Å². The standard InChI is InChI=1S/C15H15F3N2O2S/c16-15(17,18)22-11-4-2-10(3-5-11)12-6-7-13(23-12)14(21)20-9-1-8-19/h2-7H,1,8-9,19H2,(H,20,21). The Balaban J connectivity index is 2.04. The number of thiophene rings is 1. The van der Waals surface area contributed by atoms with Crippen LogP contribution < -0.4 is 15.8 Å². The molecule has 0 radical (unpaired) electrons. The van der Waals surface area contributed by atoms with Crippen LogP contribution in [-0.2, 0) is 0 Å². The van der Waals surface area contributed by atoms with Gasteiger partial charge in [-0.25, -0.2) is 0 Å². The minimum absolute atomic E-state index is 0.188. The van der Waals surface area contributed by atoms with E-state index in [1.54, 1.807) is 12.1 Å². The second-order valence-electron chi connectivity index (χ2n) is 4.63. The number of carbonyl (C=O) groups is 1. The molecule has 0 saturated carbocycles. The summed E-state index contributed by atoms with van der Waals surface area (Å²) in [7, 11) is 0. The van der Waals surface area contributed by atoms with Crippen LogP contribution in [0.4, 0.5) is 13.2 Å². The number of ether oxygens (including phenoxy) is 1. The van der Waals surface area contributed by atoms with E-state index in [0.29, 0.717) is 30.0 Å². The van der Waals surface area contributed by atoms with E-state index in [4.69, 9.17) is 5.73 Å². The van der Waals surface area contributed by atoms with Gasteiger partial charge in [-0.05, 0) is 54.9 Å². The Morgan fingerprint density at radius 3 is 2.48 bits per heavy atom. The quantitative estimate of drug-likeness (QED) is 0.790. The first-order valence-electron chi connectivity index (χ1n) is 6.83. The maximum absolute atomic E-state index is 12.1. The lowest BCUT2D eigenvalue weighted by atomic mass is 10.2. The lowest BCUT2D eigenvalue weighted by molar-refractivity contribution is -0.274. The summed E-state index contributed by atoms with van der Waals surface area (Å²) in [5.41, 5.74) is 6.07. The Morgan fingerprint density at radius 1 is 1.17 bits per heavy atom. The van der Waals surface area contributed by atoms with Crippen LogP contribution in [0.2, 0.25) is 0 Å². The predicted octanol–water partition coefficient (Wildman–Crippen LogP) is 3.39. The Kier molecular flexibility index (Phi) is 5.62. The predicted molar refractivity (Wildman–Crippen MR) is 82.4 cm³/mol. The zero-order valence-corrected chi connectivity index (χ0v) is 12.8. The minimum atomic E-state index is -4.71. The first-order chi connectivity index (χ1) is 10.9. The number of halogens is 3. The summed E-state index contributed by atoms with van der Waals surface area (Å²) in [4.78, 5) is 13.2. The molecule has 0 unspecified atom stereocenters. The number of rotatable bonds is 6. The van der Waals surface area contributed by atoms with Crippen LogP contribution in [0.1, 0.15) is 16.1 Å². The van der Waals surface area contributed by atoms with Crippen LogP contribution in [0.15, 0.2) is 36.4 Å². The molecular weight excluding hydrogens is 329 g/mol. The smallest absolute Gasteiger partial charge is 0.406 e. The van der Waals surface area contributed by atoms with Gasteiger partial charge >= 0.3 is 6.36 Å². The normalized spacial score (nSPS) is 11.3. The topological polar surface area (TPSA) is 64.3 Å². The molecular formula is C15H15F3N2O2S. The van der Waals surface area contributed by atoms with Crippen molar-refractivity contribution in [3.8, 4) is 16.2 Å². The van der Waals surface area contributed by atoms with E-state index in [1.165, 1.54) is 35.6 Å². The van der Waals surface area contributed by atoms with E-state index in [9.17, 15) is 18.0 Å². The summed E-state index contributed by atoms with van der Waals surface area (Å²) in [5, 5.41) is 2.75. The highest BCUT2D eigenvalue weighted by atomic mass is 32.1. The van der Waals surface area contributed by atoms with Gasteiger partial charge in [0, 0.05) is 11.4 Å². The molecule has 2 rings (SSSR count). The number of amides is 1. The van der Waals surface area contributed by atoms with Gasteiger partial charge in [0.05, 0.1) is 4.88 Å². The molecule has 1 aromatic heterocycles. The Hall–Kier alpha value is -2.06. The van der Waals surface area contributed by atoms with Crippen molar-refractivity contribution in [1.82, 2.24) is 5.32 Å². The zero-order valence-electron chi connectivity index (χ0n) is 12.0. The number of hydrogen-bond acceptors (Lipinski definition) is 4.